The van der Waals surface area contributed by atoms with Gasteiger partial charge in [-0.3, -0.25) is 0 Å². The third kappa shape index (κ3) is 2.66. The van der Waals surface area contributed by atoms with Crippen molar-refractivity contribution in [3.8, 4) is 0 Å². The van der Waals surface area contributed by atoms with E-state index in [0.717, 1.165) is 41.9 Å². The summed E-state index contributed by atoms with van der Waals surface area (Å²) in [4.78, 5) is 0. The maximum Gasteiger partial charge on any atom is 0.0718 e. The monoisotopic (exact) mass is 358 g/mol. The Hall–Kier alpha value is -0.600. The van der Waals surface area contributed by atoms with Gasteiger partial charge in [-0.05, 0) is 84.9 Å². The highest BCUT2D eigenvalue weighted by Gasteiger charge is 2.72. The van der Waals surface area contributed by atoms with Crippen LogP contribution in [0.2, 0.25) is 0 Å². The van der Waals surface area contributed by atoms with Crippen LogP contribution >= 0.6 is 0 Å². The molecule has 8 unspecified atom stereocenters. The Bertz CT molecular complexity index is 569. The Kier molecular flexibility index (Phi) is 4.89. The van der Waals surface area contributed by atoms with E-state index in [1.165, 1.54) is 44.9 Å². The molecule has 4 fully saturated rings. The van der Waals surface area contributed by atoms with Gasteiger partial charge < -0.3 is 10.2 Å². The second kappa shape index (κ2) is 6.78. The predicted octanol–water partition coefficient (Wildman–Crippen LogP) is 4.97. The van der Waals surface area contributed by atoms with Crippen LogP contribution in [0.25, 0.3) is 0 Å². The lowest BCUT2D eigenvalue weighted by Crippen LogP contribution is -2.50. The first-order valence-corrected chi connectivity index (χ1v) is 11.1. The van der Waals surface area contributed by atoms with Crippen molar-refractivity contribution in [2.75, 3.05) is 6.61 Å². The molecular formula is C24H38O2. The molecule has 146 valence electrons. The molecule has 2 heteroatoms. The van der Waals surface area contributed by atoms with E-state index in [9.17, 15) is 10.2 Å². The first-order chi connectivity index (χ1) is 12.5. The van der Waals surface area contributed by atoms with E-state index in [4.69, 9.17) is 0 Å². The zero-order valence-electron chi connectivity index (χ0n) is 16.7. The summed E-state index contributed by atoms with van der Waals surface area (Å²) in [7, 11) is 0. The maximum absolute atomic E-state index is 9.93. The van der Waals surface area contributed by atoms with Crippen molar-refractivity contribution in [2.45, 2.75) is 71.3 Å². The smallest absolute Gasteiger partial charge is 0.0718 e. The average Bonchev–Trinajstić information content (AvgIpc) is 3.40. The van der Waals surface area contributed by atoms with Gasteiger partial charge in [-0.1, -0.05) is 44.9 Å². The summed E-state index contributed by atoms with van der Waals surface area (Å²) in [5.74, 6) is 5.24. The molecule has 4 aliphatic rings. The van der Waals surface area contributed by atoms with Crippen LogP contribution in [0, 0.1) is 46.3 Å². The SMILES string of the molecule is C=CC(O)CCC1CCCC2C1CCC1(C)C2[C@@H]2CC2C1(C)/C=C\CO. The van der Waals surface area contributed by atoms with Gasteiger partial charge in [0.1, 0.15) is 0 Å². The van der Waals surface area contributed by atoms with Crippen molar-refractivity contribution in [2.24, 2.45) is 46.3 Å². The van der Waals surface area contributed by atoms with E-state index < -0.39 is 0 Å². The van der Waals surface area contributed by atoms with Gasteiger partial charge in [0.15, 0.2) is 0 Å². The van der Waals surface area contributed by atoms with Crippen LogP contribution in [0.3, 0.4) is 0 Å². The third-order valence-electron chi connectivity index (χ3n) is 9.44. The summed E-state index contributed by atoms with van der Waals surface area (Å²) in [6.07, 6.45) is 16.1. The molecule has 4 saturated carbocycles. The highest BCUT2D eigenvalue weighted by Crippen LogP contribution is 2.79. The van der Waals surface area contributed by atoms with Gasteiger partial charge in [0.05, 0.1) is 12.7 Å². The minimum atomic E-state index is -0.324. The second-order valence-corrected chi connectivity index (χ2v) is 10.3. The highest BCUT2D eigenvalue weighted by molar-refractivity contribution is 5.26. The summed E-state index contributed by atoms with van der Waals surface area (Å²) < 4.78 is 0. The highest BCUT2D eigenvalue weighted by atomic mass is 16.3. The normalized spacial score (nSPS) is 50.8. The van der Waals surface area contributed by atoms with Crippen LogP contribution in [0.5, 0.6) is 0 Å². The molecule has 2 nitrogen and oxygen atoms in total. The number of aliphatic hydroxyl groups excluding tert-OH is 2. The molecule has 0 spiro atoms. The average molecular weight is 359 g/mol. The molecule has 26 heavy (non-hydrogen) atoms. The summed E-state index contributed by atoms with van der Waals surface area (Å²) in [6, 6.07) is 0. The Morgan fingerprint density at radius 3 is 2.69 bits per heavy atom. The van der Waals surface area contributed by atoms with Crippen LogP contribution < -0.4 is 0 Å². The molecule has 9 atom stereocenters. The summed E-state index contributed by atoms with van der Waals surface area (Å²) >= 11 is 0. The van der Waals surface area contributed by atoms with E-state index in [2.05, 4.69) is 26.5 Å². The van der Waals surface area contributed by atoms with Crippen molar-refractivity contribution >= 4 is 0 Å². The zero-order chi connectivity index (χ0) is 18.5. The Labute approximate surface area is 159 Å². The van der Waals surface area contributed by atoms with E-state index >= 15 is 0 Å². The molecule has 4 rings (SSSR count). The molecule has 0 heterocycles. The van der Waals surface area contributed by atoms with Crippen molar-refractivity contribution in [1.82, 2.24) is 0 Å². The van der Waals surface area contributed by atoms with Crippen LogP contribution in [0.1, 0.15) is 65.2 Å². The number of allylic oxidation sites excluding steroid dienone is 1. The molecule has 0 saturated heterocycles. The largest absolute Gasteiger partial charge is 0.392 e. The lowest BCUT2D eigenvalue weighted by Gasteiger charge is -2.57. The fourth-order valence-corrected chi connectivity index (χ4v) is 8.01. The molecule has 0 aromatic carbocycles. The van der Waals surface area contributed by atoms with Crippen LogP contribution in [-0.4, -0.2) is 22.9 Å². The lowest BCUT2D eigenvalue weighted by molar-refractivity contribution is -0.0692. The van der Waals surface area contributed by atoms with Crippen molar-refractivity contribution in [3.63, 3.8) is 0 Å². The molecule has 0 radical (unpaired) electrons. The quantitative estimate of drug-likeness (QED) is 0.658. The first kappa shape index (κ1) is 18.7. The van der Waals surface area contributed by atoms with E-state index in [1.807, 2.05) is 6.08 Å². The van der Waals surface area contributed by atoms with Gasteiger partial charge in [-0.15, -0.1) is 6.58 Å². The fraction of sp³-hybridized carbons (Fsp3) is 0.833. The Morgan fingerprint density at radius 2 is 1.96 bits per heavy atom. The van der Waals surface area contributed by atoms with Crippen LogP contribution in [0.4, 0.5) is 0 Å². The molecule has 0 bridgehead atoms. The molecule has 0 aliphatic heterocycles. The minimum Gasteiger partial charge on any atom is -0.392 e. The second-order valence-electron chi connectivity index (χ2n) is 10.3. The number of aliphatic hydroxyl groups is 2. The van der Waals surface area contributed by atoms with Gasteiger partial charge >= 0.3 is 0 Å². The maximum atomic E-state index is 9.93. The fourth-order valence-electron chi connectivity index (χ4n) is 8.01. The Morgan fingerprint density at radius 1 is 1.15 bits per heavy atom. The summed E-state index contributed by atoms with van der Waals surface area (Å²) in [6.45, 7) is 8.98. The van der Waals surface area contributed by atoms with Gasteiger partial charge in [-0.2, -0.15) is 0 Å². The predicted molar refractivity (Wildman–Crippen MR) is 107 cm³/mol. The van der Waals surface area contributed by atoms with Crippen LogP contribution in [0.15, 0.2) is 24.8 Å². The van der Waals surface area contributed by atoms with Gasteiger partial charge in [0, 0.05) is 0 Å². The molecular weight excluding hydrogens is 320 g/mol. The number of fused-ring (bicyclic) bond motifs is 5. The zero-order valence-corrected chi connectivity index (χ0v) is 16.7. The van der Waals surface area contributed by atoms with E-state index in [-0.39, 0.29) is 18.1 Å². The van der Waals surface area contributed by atoms with Gasteiger partial charge in [0.25, 0.3) is 0 Å². The Balaban J connectivity index is 1.55. The summed E-state index contributed by atoms with van der Waals surface area (Å²) in [5.41, 5.74) is 0.692. The lowest BCUT2D eigenvalue weighted by atomic mass is 9.48. The number of hydrogen-bond donors (Lipinski definition) is 2. The molecule has 0 aromatic heterocycles. The minimum absolute atomic E-state index is 0.174. The van der Waals surface area contributed by atoms with Gasteiger partial charge in [-0.25, -0.2) is 0 Å². The topological polar surface area (TPSA) is 40.5 Å². The number of rotatable bonds is 6. The third-order valence-corrected chi connectivity index (χ3v) is 9.44. The van der Waals surface area contributed by atoms with Gasteiger partial charge in [0.2, 0.25) is 0 Å². The van der Waals surface area contributed by atoms with Crippen molar-refractivity contribution < 1.29 is 10.2 Å². The standard InChI is InChI=1S/C24H38O2/c1-4-17(26)10-9-16-7-5-8-19-18(16)11-13-24(3)22(19)20-15-21(20)23(24,2)12-6-14-25/h4,6,12,16-22,25-26H,1,5,7-11,13-15H2,2-3H3/b12-6-/t16?,17?,18?,19?,20-,21?,22?,23?,24?/m1/s1. The van der Waals surface area contributed by atoms with Crippen molar-refractivity contribution in [1.29, 1.82) is 0 Å². The summed E-state index contributed by atoms with van der Waals surface area (Å²) in [5, 5.41) is 19.3. The van der Waals surface area contributed by atoms with E-state index in [0.29, 0.717) is 5.41 Å². The first-order valence-electron chi connectivity index (χ1n) is 11.1. The molecule has 4 aliphatic carbocycles. The molecule has 2 N–H and O–H groups in total. The van der Waals surface area contributed by atoms with Crippen LogP contribution in [-0.2, 0) is 0 Å². The molecule has 0 amide bonds. The number of hydrogen-bond acceptors (Lipinski definition) is 2. The van der Waals surface area contributed by atoms with E-state index in [1.54, 1.807) is 6.08 Å². The van der Waals surface area contributed by atoms with Crippen molar-refractivity contribution in [3.05, 3.63) is 24.8 Å². The molecule has 0 aromatic rings.